The van der Waals surface area contributed by atoms with Gasteiger partial charge in [-0.15, -0.1) is 0 Å². The van der Waals surface area contributed by atoms with Crippen molar-refractivity contribution in [3.05, 3.63) is 30.1 Å². The Kier molecular flexibility index (Phi) is 3.05. The van der Waals surface area contributed by atoms with Gasteiger partial charge in [-0.25, -0.2) is 15.2 Å². The molecule has 1 saturated carbocycles. The molecule has 0 amide bonds. The molecule has 0 unspecified atom stereocenters. The third-order valence-corrected chi connectivity index (χ3v) is 2.49. The number of nitrogens with zero attached hydrogens (tertiary/aromatic N) is 2. The molecule has 4 nitrogen and oxygen atoms in total. The highest BCUT2D eigenvalue weighted by atomic mass is 19.1. The molecule has 0 heterocycles. The van der Waals surface area contributed by atoms with E-state index in [1.54, 1.807) is 18.0 Å². The van der Waals surface area contributed by atoms with E-state index in [9.17, 15) is 4.39 Å². The highest BCUT2D eigenvalue weighted by molar-refractivity contribution is 5.95. The fraction of sp³-hybridized carbons (Fsp3) is 0.364. The van der Waals surface area contributed by atoms with Crippen molar-refractivity contribution in [2.45, 2.75) is 18.9 Å². The van der Waals surface area contributed by atoms with Crippen molar-refractivity contribution in [2.24, 2.45) is 10.8 Å². The van der Waals surface area contributed by atoms with E-state index in [1.165, 1.54) is 12.1 Å². The van der Waals surface area contributed by atoms with Crippen LogP contribution in [0.2, 0.25) is 0 Å². The molecule has 1 aromatic rings. The van der Waals surface area contributed by atoms with E-state index >= 15 is 0 Å². The lowest BCUT2D eigenvalue weighted by atomic mass is 10.3. The van der Waals surface area contributed by atoms with Crippen LogP contribution in [0, 0.1) is 5.82 Å². The van der Waals surface area contributed by atoms with Gasteiger partial charge in [0, 0.05) is 12.7 Å². The molecule has 1 aliphatic carbocycles. The number of nitrogens with two attached hydrogens (primary N) is 1. The number of halogens is 1. The molecule has 16 heavy (non-hydrogen) atoms. The van der Waals surface area contributed by atoms with E-state index in [2.05, 4.69) is 10.4 Å². The van der Waals surface area contributed by atoms with Crippen LogP contribution in [0.5, 0.6) is 0 Å². The van der Waals surface area contributed by atoms with Gasteiger partial charge in [0.05, 0.1) is 6.04 Å². The van der Waals surface area contributed by atoms with Crippen LogP contribution in [0.25, 0.3) is 0 Å². The quantitative estimate of drug-likeness (QED) is 0.342. The maximum absolute atomic E-state index is 13.1. The topological polar surface area (TPSA) is 53.6 Å². The zero-order valence-corrected chi connectivity index (χ0v) is 9.15. The largest absolute Gasteiger partial charge is 0.315 e. The predicted molar refractivity (Wildman–Crippen MR) is 62.6 cm³/mol. The first kappa shape index (κ1) is 10.9. The zero-order valence-electron chi connectivity index (χ0n) is 9.15. The number of aliphatic imine (C=N–C) groups is 1. The summed E-state index contributed by atoms with van der Waals surface area (Å²) in [5.41, 5.74) is 3.26. The van der Waals surface area contributed by atoms with Crippen molar-refractivity contribution in [1.82, 2.24) is 5.43 Å². The van der Waals surface area contributed by atoms with Crippen LogP contribution in [0.1, 0.15) is 12.8 Å². The van der Waals surface area contributed by atoms with E-state index < -0.39 is 0 Å². The summed E-state index contributed by atoms with van der Waals surface area (Å²) in [7, 11) is 1.80. The Bertz CT molecular complexity index is 401. The lowest BCUT2D eigenvalue weighted by Crippen LogP contribution is -2.43. The predicted octanol–water partition coefficient (Wildman–Crippen LogP) is 1.24. The second kappa shape index (κ2) is 4.49. The number of guanidine groups is 1. The lowest BCUT2D eigenvalue weighted by Gasteiger charge is -2.20. The molecule has 0 radical (unpaired) electrons. The number of anilines is 1. The third-order valence-electron chi connectivity index (χ3n) is 2.49. The normalized spacial score (nSPS) is 16.1. The molecule has 1 aromatic carbocycles. The van der Waals surface area contributed by atoms with Crippen LogP contribution >= 0.6 is 0 Å². The van der Waals surface area contributed by atoms with Crippen molar-refractivity contribution in [2.75, 3.05) is 11.9 Å². The van der Waals surface area contributed by atoms with Crippen molar-refractivity contribution in [1.29, 1.82) is 0 Å². The average molecular weight is 222 g/mol. The van der Waals surface area contributed by atoms with Crippen molar-refractivity contribution in [3.8, 4) is 0 Å². The molecule has 0 atom stereocenters. The van der Waals surface area contributed by atoms with E-state index in [1.807, 2.05) is 6.07 Å². The molecule has 5 heteroatoms. The molecule has 0 saturated heterocycles. The molecule has 1 fully saturated rings. The molecule has 0 bridgehead atoms. The van der Waals surface area contributed by atoms with Crippen LogP contribution < -0.4 is 16.2 Å². The van der Waals surface area contributed by atoms with Crippen LogP contribution in [0.4, 0.5) is 10.1 Å². The van der Waals surface area contributed by atoms with E-state index in [0.29, 0.717) is 12.0 Å². The molecule has 86 valence electrons. The van der Waals surface area contributed by atoms with Gasteiger partial charge in [-0.3, -0.25) is 5.43 Å². The fourth-order valence-electron chi connectivity index (χ4n) is 1.40. The van der Waals surface area contributed by atoms with Gasteiger partial charge in [-0.1, -0.05) is 6.07 Å². The molecule has 0 spiro atoms. The van der Waals surface area contributed by atoms with Gasteiger partial charge in [0.2, 0.25) is 5.96 Å². The van der Waals surface area contributed by atoms with Crippen LogP contribution in [-0.4, -0.2) is 19.0 Å². The van der Waals surface area contributed by atoms with Crippen LogP contribution in [0.3, 0.4) is 0 Å². The summed E-state index contributed by atoms with van der Waals surface area (Å²) in [5, 5.41) is 0. The molecule has 2 rings (SSSR count). The summed E-state index contributed by atoms with van der Waals surface area (Å²) >= 11 is 0. The Balaban J connectivity index is 2.18. The smallest absolute Gasteiger partial charge is 0.212 e. The fourth-order valence-corrected chi connectivity index (χ4v) is 1.40. The summed E-state index contributed by atoms with van der Waals surface area (Å²) in [6, 6.07) is 6.68. The summed E-state index contributed by atoms with van der Waals surface area (Å²) in [4.78, 5) is 6.13. The zero-order chi connectivity index (χ0) is 11.5. The van der Waals surface area contributed by atoms with Crippen molar-refractivity contribution in [3.63, 3.8) is 0 Å². The van der Waals surface area contributed by atoms with Gasteiger partial charge in [0.1, 0.15) is 5.82 Å². The third kappa shape index (κ3) is 2.49. The van der Waals surface area contributed by atoms with Gasteiger partial charge in [-0.05, 0) is 31.0 Å². The van der Waals surface area contributed by atoms with Crippen molar-refractivity contribution >= 4 is 11.6 Å². The highest BCUT2D eigenvalue weighted by Gasteiger charge is 2.22. The Morgan fingerprint density at radius 2 is 2.31 bits per heavy atom. The van der Waals surface area contributed by atoms with Crippen LogP contribution in [0.15, 0.2) is 29.3 Å². The maximum atomic E-state index is 13.1. The molecular formula is C11H15FN4. The van der Waals surface area contributed by atoms with Gasteiger partial charge in [0.15, 0.2) is 0 Å². The number of nitrogens with one attached hydrogen (secondary N) is 1. The van der Waals surface area contributed by atoms with E-state index in [0.717, 1.165) is 18.5 Å². The van der Waals surface area contributed by atoms with E-state index in [-0.39, 0.29) is 5.82 Å². The van der Waals surface area contributed by atoms with Gasteiger partial charge < -0.3 is 4.90 Å². The minimum atomic E-state index is -0.271. The van der Waals surface area contributed by atoms with Gasteiger partial charge >= 0.3 is 0 Å². The molecule has 1 aliphatic rings. The summed E-state index contributed by atoms with van der Waals surface area (Å²) in [6.07, 6.45) is 2.20. The lowest BCUT2D eigenvalue weighted by molar-refractivity contribution is 0.628. The average Bonchev–Trinajstić information content (AvgIpc) is 3.09. The SMILES string of the molecule is CN(C(=NC1CC1)NN)c1cccc(F)c1. The second-order valence-electron chi connectivity index (χ2n) is 3.87. The molecule has 0 aliphatic heterocycles. The molecule has 3 N–H and O–H groups in total. The van der Waals surface area contributed by atoms with Gasteiger partial charge in [-0.2, -0.15) is 0 Å². The minimum Gasteiger partial charge on any atom is -0.315 e. The number of rotatable bonds is 2. The number of hydrazine groups is 1. The summed E-state index contributed by atoms with van der Waals surface area (Å²) < 4.78 is 13.1. The molecular weight excluding hydrogens is 207 g/mol. The van der Waals surface area contributed by atoms with Crippen LogP contribution in [-0.2, 0) is 0 Å². The summed E-state index contributed by atoms with van der Waals surface area (Å²) in [6.45, 7) is 0. The first-order valence-electron chi connectivity index (χ1n) is 5.24. The Labute approximate surface area is 93.9 Å². The standard InChI is InChI=1S/C11H15FN4/c1-16(10-4-2-3-8(12)7-10)11(15-13)14-9-5-6-9/h2-4,7,9H,5-6,13H2,1H3,(H,14,15). The Morgan fingerprint density at radius 3 is 2.88 bits per heavy atom. The number of hydrogen-bond acceptors (Lipinski definition) is 2. The second-order valence-corrected chi connectivity index (χ2v) is 3.87. The van der Waals surface area contributed by atoms with E-state index in [4.69, 9.17) is 5.84 Å². The minimum absolute atomic E-state index is 0.271. The first-order chi connectivity index (χ1) is 7.70. The van der Waals surface area contributed by atoms with Gasteiger partial charge in [0.25, 0.3) is 0 Å². The Morgan fingerprint density at radius 1 is 1.56 bits per heavy atom. The summed E-state index contributed by atoms with van der Waals surface area (Å²) in [5.74, 6) is 5.70. The number of benzene rings is 1. The number of hydrogen-bond donors (Lipinski definition) is 2. The van der Waals surface area contributed by atoms with Crippen molar-refractivity contribution < 1.29 is 4.39 Å². The monoisotopic (exact) mass is 222 g/mol. The first-order valence-corrected chi connectivity index (χ1v) is 5.24. The highest BCUT2D eigenvalue weighted by Crippen LogP contribution is 2.24. The maximum Gasteiger partial charge on any atom is 0.212 e. The Hall–Kier alpha value is -1.62. The molecule has 0 aromatic heterocycles.